The lowest BCUT2D eigenvalue weighted by molar-refractivity contribution is 0.0789. The number of halogens is 1. The summed E-state index contributed by atoms with van der Waals surface area (Å²) in [4.78, 5) is 0. The molecule has 1 heterocycles. The molecule has 3 heteroatoms. The monoisotopic (exact) mass is 265 g/mol. The van der Waals surface area contributed by atoms with Crippen molar-refractivity contribution in [3.05, 3.63) is 35.0 Å². The van der Waals surface area contributed by atoms with Gasteiger partial charge < -0.3 is 9.67 Å². The topological polar surface area (TPSA) is 25.2 Å². The van der Waals surface area contributed by atoms with Crippen LogP contribution in [-0.4, -0.2) is 15.3 Å². The van der Waals surface area contributed by atoms with Crippen molar-refractivity contribution in [2.45, 2.75) is 45.8 Å². The minimum atomic E-state index is -0.715. The summed E-state index contributed by atoms with van der Waals surface area (Å²) in [6.45, 7) is 7.93. The molecule has 0 aliphatic heterocycles. The maximum Gasteiger partial charge on any atom is 0.0674 e. The first kappa shape index (κ1) is 13.4. The Labute approximate surface area is 113 Å². The number of aliphatic hydroxyl groups is 1. The summed E-state index contributed by atoms with van der Waals surface area (Å²) < 4.78 is 2.22. The van der Waals surface area contributed by atoms with E-state index in [0.717, 1.165) is 21.6 Å². The molecule has 0 unspecified atom stereocenters. The van der Waals surface area contributed by atoms with Gasteiger partial charge in [-0.2, -0.15) is 0 Å². The third kappa shape index (κ3) is 2.55. The molecule has 1 aromatic heterocycles. The summed E-state index contributed by atoms with van der Waals surface area (Å²) in [7, 11) is 0. The Morgan fingerprint density at radius 3 is 2.56 bits per heavy atom. The van der Waals surface area contributed by atoms with E-state index in [9.17, 15) is 5.11 Å². The fourth-order valence-corrected chi connectivity index (χ4v) is 2.74. The molecule has 0 aliphatic rings. The van der Waals surface area contributed by atoms with E-state index >= 15 is 0 Å². The highest BCUT2D eigenvalue weighted by molar-refractivity contribution is 6.35. The zero-order chi connectivity index (χ0) is 13.5. The zero-order valence-electron chi connectivity index (χ0n) is 11.4. The Morgan fingerprint density at radius 2 is 2.00 bits per heavy atom. The highest BCUT2D eigenvalue weighted by Crippen LogP contribution is 2.31. The van der Waals surface area contributed by atoms with Crippen molar-refractivity contribution in [2.24, 2.45) is 0 Å². The first-order valence-corrected chi connectivity index (χ1v) is 6.68. The molecule has 0 radical (unpaired) electrons. The molecule has 0 saturated heterocycles. The fraction of sp³-hybridized carbons (Fsp3) is 0.467. The molecule has 1 N–H and O–H groups in total. The van der Waals surface area contributed by atoms with Gasteiger partial charge in [-0.25, -0.2) is 0 Å². The number of para-hydroxylation sites is 1. The van der Waals surface area contributed by atoms with Crippen LogP contribution in [-0.2, 0) is 6.42 Å². The van der Waals surface area contributed by atoms with Crippen LogP contribution >= 0.6 is 11.6 Å². The normalized spacial score (nSPS) is 12.6. The van der Waals surface area contributed by atoms with E-state index in [-0.39, 0.29) is 0 Å². The minimum Gasteiger partial charge on any atom is -0.390 e. The second kappa shape index (κ2) is 4.60. The first-order valence-electron chi connectivity index (χ1n) is 6.30. The lowest BCUT2D eigenvalue weighted by Crippen LogP contribution is -2.24. The number of aromatic nitrogens is 1. The van der Waals surface area contributed by atoms with E-state index in [4.69, 9.17) is 11.6 Å². The van der Waals surface area contributed by atoms with Crippen LogP contribution in [0.4, 0.5) is 0 Å². The van der Waals surface area contributed by atoms with Crippen LogP contribution in [0, 0.1) is 0 Å². The molecule has 2 aromatic rings. The molecule has 0 bridgehead atoms. The average molecular weight is 266 g/mol. The number of benzene rings is 1. The van der Waals surface area contributed by atoms with Crippen LogP contribution in [0.3, 0.4) is 0 Å². The van der Waals surface area contributed by atoms with Gasteiger partial charge in [0.1, 0.15) is 0 Å². The molecule has 0 spiro atoms. The van der Waals surface area contributed by atoms with Gasteiger partial charge in [-0.1, -0.05) is 23.7 Å². The molecule has 0 atom stereocenters. The van der Waals surface area contributed by atoms with Gasteiger partial charge in [0.2, 0.25) is 0 Å². The predicted octanol–water partition coefficient (Wildman–Crippen LogP) is 4.19. The van der Waals surface area contributed by atoms with E-state index in [0.29, 0.717) is 12.5 Å². The molecule has 1 aromatic carbocycles. The Balaban J connectivity index is 2.66. The van der Waals surface area contributed by atoms with E-state index in [2.05, 4.69) is 30.5 Å². The highest BCUT2D eigenvalue weighted by Gasteiger charge is 2.20. The molecule has 2 nitrogen and oxygen atoms in total. The van der Waals surface area contributed by atoms with Gasteiger partial charge in [-0.3, -0.25) is 0 Å². The van der Waals surface area contributed by atoms with Crippen LogP contribution in [0.1, 0.15) is 39.4 Å². The van der Waals surface area contributed by atoms with Gasteiger partial charge in [-0.05, 0) is 39.8 Å². The van der Waals surface area contributed by atoms with E-state index in [1.807, 2.05) is 26.0 Å². The Morgan fingerprint density at radius 1 is 1.33 bits per heavy atom. The Bertz CT molecular complexity index is 564. The van der Waals surface area contributed by atoms with Crippen molar-refractivity contribution < 1.29 is 5.11 Å². The number of fused-ring (bicyclic) bond motifs is 1. The van der Waals surface area contributed by atoms with Gasteiger partial charge in [0.05, 0.1) is 16.1 Å². The summed E-state index contributed by atoms with van der Waals surface area (Å²) in [5.74, 6) is 0. The van der Waals surface area contributed by atoms with Crippen molar-refractivity contribution >= 4 is 22.5 Å². The lowest BCUT2D eigenvalue weighted by atomic mass is 10.0. The number of hydrogen-bond acceptors (Lipinski definition) is 1. The van der Waals surface area contributed by atoms with E-state index in [1.165, 1.54) is 0 Å². The maximum atomic E-state index is 10.0. The third-order valence-corrected chi connectivity index (χ3v) is 3.33. The number of rotatable bonds is 3. The minimum absolute atomic E-state index is 0.319. The van der Waals surface area contributed by atoms with Crippen LogP contribution < -0.4 is 0 Å². The molecule has 0 saturated carbocycles. The van der Waals surface area contributed by atoms with E-state index in [1.54, 1.807) is 0 Å². The molecular weight excluding hydrogens is 246 g/mol. The van der Waals surface area contributed by atoms with Crippen molar-refractivity contribution in [1.29, 1.82) is 0 Å². The first-order chi connectivity index (χ1) is 8.29. The quantitative estimate of drug-likeness (QED) is 0.885. The predicted molar refractivity (Wildman–Crippen MR) is 77.3 cm³/mol. The zero-order valence-corrected chi connectivity index (χ0v) is 12.1. The van der Waals surface area contributed by atoms with Gasteiger partial charge in [0.15, 0.2) is 0 Å². The van der Waals surface area contributed by atoms with Crippen molar-refractivity contribution in [3.8, 4) is 0 Å². The molecule has 0 aliphatic carbocycles. The van der Waals surface area contributed by atoms with Crippen LogP contribution in [0.25, 0.3) is 10.9 Å². The molecular formula is C15H20ClNO. The summed E-state index contributed by atoms with van der Waals surface area (Å²) in [5.41, 5.74) is 1.47. The Kier molecular flexibility index (Phi) is 3.43. The highest BCUT2D eigenvalue weighted by atomic mass is 35.5. The summed E-state index contributed by atoms with van der Waals surface area (Å²) in [6.07, 6.45) is 0.621. The largest absolute Gasteiger partial charge is 0.390 e. The molecule has 2 rings (SSSR count). The van der Waals surface area contributed by atoms with Crippen LogP contribution in [0.2, 0.25) is 5.02 Å². The second-order valence-corrected chi connectivity index (χ2v) is 6.17. The fourth-order valence-electron chi connectivity index (χ4n) is 2.46. The van der Waals surface area contributed by atoms with Crippen LogP contribution in [0.15, 0.2) is 24.3 Å². The third-order valence-electron chi connectivity index (χ3n) is 3.02. The van der Waals surface area contributed by atoms with Crippen LogP contribution in [0.5, 0.6) is 0 Å². The van der Waals surface area contributed by atoms with Gasteiger partial charge >= 0.3 is 0 Å². The van der Waals surface area contributed by atoms with Crippen molar-refractivity contribution in [2.75, 3.05) is 0 Å². The van der Waals surface area contributed by atoms with Gasteiger partial charge in [0.25, 0.3) is 0 Å². The van der Waals surface area contributed by atoms with Crippen molar-refractivity contribution in [1.82, 2.24) is 4.57 Å². The van der Waals surface area contributed by atoms with Crippen molar-refractivity contribution in [3.63, 3.8) is 0 Å². The number of hydrogen-bond donors (Lipinski definition) is 1. The SMILES string of the molecule is CC(C)n1c(CC(C)(C)O)cc2cccc(Cl)c21. The molecule has 98 valence electrons. The van der Waals surface area contributed by atoms with Gasteiger partial charge in [0, 0.05) is 23.5 Å². The lowest BCUT2D eigenvalue weighted by Gasteiger charge is -2.21. The summed E-state index contributed by atoms with van der Waals surface area (Å²) in [5, 5.41) is 11.9. The van der Waals surface area contributed by atoms with Gasteiger partial charge in [-0.15, -0.1) is 0 Å². The summed E-state index contributed by atoms with van der Waals surface area (Å²) >= 11 is 6.31. The second-order valence-electron chi connectivity index (χ2n) is 5.77. The molecule has 0 fully saturated rings. The Hall–Kier alpha value is -0.990. The summed E-state index contributed by atoms with van der Waals surface area (Å²) in [6, 6.07) is 8.38. The smallest absolute Gasteiger partial charge is 0.0674 e. The van der Waals surface area contributed by atoms with E-state index < -0.39 is 5.60 Å². The average Bonchev–Trinajstić information content (AvgIpc) is 2.54. The maximum absolute atomic E-state index is 10.0. The molecule has 18 heavy (non-hydrogen) atoms. The molecule has 0 amide bonds. The standard InChI is InChI=1S/C15H20ClNO/c1-10(2)17-12(9-15(3,4)18)8-11-6-5-7-13(16)14(11)17/h5-8,10,18H,9H2,1-4H3. The number of nitrogens with zero attached hydrogens (tertiary/aromatic N) is 1.